The Kier molecular flexibility index (Phi) is 4.06. The van der Waals surface area contributed by atoms with E-state index in [9.17, 15) is 9.59 Å². The van der Waals surface area contributed by atoms with Crippen LogP contribution >= 0.6 is 0 Å². The van der Waals surface area contributed by atoms with Crippen LogP contribution in [0.3, 0.4) is 0 Å². The molecule has 1 heterocycles. The molecule has 0 atom stereocenters. The Morgan fingerprint density at radius 3 is 2.13 bits per heavy atom. The van der Waals surface area contributed by atoms with Crippen LogP contribution in [0.25, 0.3) is 11.3 Å². The summed E-state index contributed by atoms with van der Waals surface area (Å²) in [5, 5.41) is 0. The fourth-order valence-corrected chi connectivity index (χ4v) is 2.38. The molecule has 23 heavy (non-hydrogen) atoms. The average Bonchev–Trinajstić information content (AvgIpc) is 3.07. The normalized spacial score (nSPS) is 10.3. The number of methoxy groups -OCH3 is 1. The van der Waals surface area contributed by atoms with Gasteiger partial charge in [0.25, 0.3) is 0 Å². The molecule has 0 unspecified atom stereocenters. The second-order valence-corrected chi connectivity index (χ2v) is 4.91. The van der Waals surface area contributed by atoms with Crippen molar-refractivity contribution in [2.45, 2.75) is 0 Å². The Hall–Kier alpha value is -3.14. The number of ketones is 1. The highest BCUT2D eigenvalue weighted by atomic mass is 16.5. The van der Waals surface area contributed by atoms with Gasteiger partial charge in [0.2, 0.25) is 0 Å². The number of carbonyl (C=O) groups is 2. The van der Waals surface area contributed by atoms with Gasteiger partial charge in [-0.05, 0) is 0 Å². The minimum Gasteiger partial charge on any atom is -0.465 e. The molecule has 3 aromatic rings. The number of esters is 1. The average molecular weight is 306 g/mol. The van der Waals surface area contributed by atoms with Crippen molar-refractivity contribution in [1.82, 2.24) is 0 Å². The third-order valence-electron chi connectivity index (χ3n) is 3.50. The molecule has 4 nitrogen and oxygen atoms in total. The van der Waals surface area contributed by atoms with Crippen molar-refractivity contribution in [2.24, 2.45) is 0 Å². The summed E-state index contributed by atoms with van der Waals surface area (Å²) >= 11 is 0. The van der Waals surface area contributed by atoms with Crippen LogP contribution in [0.5, 0.6) is 0 Å². The molecule has 114 valence electrons. The van der Waals surface area contributed by atoms with E-state index < -0.39 is 5.97 Å². The van der Waals surface area contributed by atoms with E-state index in [2.05, 4.69) is 0 Å². The molecule has 0 aliphatic heterocycles. The summed E-state index contributed by atoms with van der Waals surface area (Å²) in [6, 6.07) is 17.9. The minimum atomic E-state index is -0.600. The first-order valence-corrected chi connectivity index (χ1v) is 7.07. The fraction of sp³-hybridized carbons (Fsp3) is 0.0526. The van der Waals surface area contributed by atoms with Gasteiger partial charge in [-0.25, -0.2) is 4.79 Å². The van der Waals surface area contributed by atoms with E-state index in [1.165, 1.54) is 13.4 Å². The van der Waals surface area contributed by atoms with E-state index in [-0.39, 0.29) is 16.9 Å². The monoisotopic (exact) mass is 306 g/mol. The Morgan fingerprint density at radius 1 is 0.913 bits per heavy atom. The van der Waals surface area contributed by atoms with Crippen LogP contribution in [0.4, 0.5) is 0 Å². The lowest BCUT2D eigenvalue weighted by Crippen LogP contribution is -2.10. The molecule has 0 amide bonds. The van der Waals surface area contributed by atoms with Crippen LogP contribution in [-0.2, 0) is 4.74 Å². The Balaban J connectivity index is 2.14. The van der Waals surface area contributed by atoms with Crippen molar-refractivity contribution in [3.05, 3.63) is 83.6 Å². The zero-order valence-electron chi connectivity index (χ0n) is 12.5. The van der Waals surface area contributed by atoms with Crippen LogP contribution < -0.4 is 0 Å². The van der Waals surface area contributed by atoms with Gasteiger partial charge >= 0.3 is 5.97 Å². The summed E-state index contributed by atoms with van der Waals surface area (Å²) in [6.07, 6.45) is 1.31. The molecule has 1 aromatic heterocycles. The lowest BCUT2D eigenvalue weighted by atomic mass is 9.99. The predicted molar refractivity (Wildman–Crippen MR) is 85.4 cm³/mol. The summed E-state index contributed by atoms with van der Waals surface area (Å²) in [5.74, 6) is -0.550. The maximum absolute atomic E-state index is 12.7. The number of furan rings is 1. The van der Waals surface area contributed by atoms with Gasteiger partial charge in [0, 0.05) is 11.1 Å². The molecule has 0 aliphatic rings. The molecular weight excluding hydrogens is 292 g/mol. The third-order valence-corrected chi connectivity index (χ3v) is 3.50. The molecule has 0 aliphatic carbocycles. The number of ether oxygens (including phenoxy) is 1. The van der Waals surface area contributed by atoms with Crippen molar-refractivity contribution >= 4 is 11.8 Å². The van der Waals surface area contributed by atoms with Crippen molar-refractivity contribution in [1.29, 1.82) is 0 Å². The first-order chi connectivity index (χ1) is 11.2. The largest absolute Gasteiger partial charge is 0.465 e. The summed E-state index contributed by atoms with van der Waals surface area (Å²) < 4.78 is 10.4. The molecule has 0 fully saturated rings. The van der Waals surface area contributed by atoms with Gasteiger partial charge in [-0.15, -0.1) is 0 Å². The van der Waals surface area contributed by atoms with E-state index >= 15 is 0 Å². The lowest BCUT2D eigenvalue weighted by molar-refractivity contribution is 0.0598. The Labute approximate surface area is 133 Å². The van der Waals surface area contributed by atoms with Gasteiger partial charge in [-0.3, -0.25) is 4.79 Å². The van der Waals surface area contributed by atoms with Crippen molar-refractivity contribution in [2.75, 3.05) is 7.11 Å². The highest BCUT2D eigenvalue weighted by Gasteiger charge is 2.27. The Morgan fingerprint density at radius 2 is 1.52 bits per heavy atom. The predicted octanol–water partition coefficient (Wildman–Crippen LogP) is 3.96. The maximum Gasteiger partial charge on any atom is 0.342 e. The molecule has 3 rings (SSSR count). The van der Waals surface area contributed by atoms with E-state index in [4.69, 9.17) is 9.15 Å². The van der Waals surface area contributed by atoms with Crippen molar-refractivity contribution in [3.63, 3.8) is 0 Å². The highest BCUT2D eigenvalue weighted by Crippen LogP contribution is 2.30. The molecule has 2 aromatic carbocycles. The van der Waals surface area contributed by atoms with Gasteiger partial charge in [0.15, 0.2) is 5.78 Å². The van der Waals surface area contributed by atoms with E-state index in [1.807, 2.05) is 36.4 Å². The van der Waals surface area contributed by atoms with Crippen LogP contribution in [0.2, 0.25) is 0 Å². The molecule has 0 saturated heterocycles. The number of carbonyl (C=O) groups excluding carboxylic acids is 2. The van der Waals surface area contributed by atoms with Gasteiger partial charge in [-0.1, -0.05) is 60.7 Å². The number of hydrogen-bond donors (Lipinski definition) is 0. The van der Waals surface area contributed by atoms with Crippen molar-refractivity contribution < 1.29 is 18.7 Å². The third kappa shape index (κ3) is 2.79. The standard InChI is InChI=1S/C19H14O4/c1-22-19(21)16-15(17(20)13-8-4-2-5-9-13)12-23-18(16)14-10-6-3-7-11-14/h2-12H,1H3. The van der Waals surface area contributed by atoms with Crippen LogP contribution in [-0.4, -0.2) is 18.9 Å². The number of hydrogen-bond acceptors (Lipinski definition) is 4. The van der Waals surface area contributed by atoms with Gasteiger partial charge < -0.3 is 9.15 Å². The summed E-state index contributed by atoms with van der Waals surface area (Å²) in [4.78, 5) is 24.9. The van der Waals surface area contributed by atoms with E-state index in [0.29, 0.717) is 16.9 Å². The minimum absolute atomic E-state index is 0.146. The van der Waals surface area contributed by atoms with Crippen molar-refractivity contribution in [3.8, 4) is 11.3 Å². The molecule has 4 heteroatoms. The smallest absolute Gasteiger partial charge is 0.342 e. The zero-order valence-corrected chi connectivity index (χ0v) is 12.5. The van der Waals surface area contributed by atoms with E-state index in [0.717, 1.165) is 0 Å². The number of benzene rings is 2. The molecule has 0 N–H and O–H groups in total. The zero-order chi connectivity index (χ0) is 16.2. The van der Waals surface area contributed by atoms with Gasteiger partial charge in [-0.2, -0.15) is 0 Å². The quantitative estimate of drug-likeness (QED) is 0.540. The molecular formula is C19H14O4. The van der Waals surface area contributed by atoms with Crippen LogP contribution in [0.15, 0.2) is 71.3 Å². The summed E-state index contributed by atoms with van der Waals surface area (Å²) in [6.45, 7) is 0. The molecule has 0 spiro atoms. The second kappa shape index (κ2) is 6.32. The van der Waals surface area contributed by atoms with Crippen LogP contribution in [0, 0.1) is 0 Å². The van der Waals surface area contributed by atoms with Gasteiger partial charge in [0.1, 0.15) is 17.6 Å². The SMILES string of the molecule is COC(=O)c1c(C(=O)c2ccccc2)coc1-c1ccccc1. The first-order valence-electron chi connectivity index (χ1n) is 7.07. The topological polar surface area (TPSA) is 56.5 Å². The van der Waals surface area contributed by atoms with Gasteiger partial charge in [0.05, 0.1) is 12.7 Å². The van der Waals surface area contributed by atoms with Crippen LogP contribution in [0.1, 0.15) is 26.3 Å². The first kappa shape index (κ1) is 14.8. The molecule has 0 radical (unpaired) electrons. The highest BCUT2D eigenvalue weighted by molar-refractivity contribution is 6.16. The molecule has 0 bridgehead atoms. The maximum atomic E-state index is 12.7. The number of rotatable bonds is 4. The Bertz CT molecular complexity index is 832. The lowest BCUT2D eigenvalue weighted by Gasteiger charge is -2.04. The summed E-state index contributed by atoms with van der Waals surface area (Å²) in [5.41, 5.74) is 1.53. The summed E-state index contributed by atoms with van der Waals surface area (Å²) in [7, 11) is 1.28. The fourth-order valence-electron chi connectivity index (χ4n) is 2.38. The second-order valence-electron chi connectivity index (χ2n) is 4.91. The molecule has 0 saturated carbocycles. The van der Waals surface area contributed by atoms with E-state index in [1.54, 1.807) is 24.3 Å².